The van der Waals surface area contributed by atoms with Crippen molar-refractivity contribution in [3.05, 3.63) is 121 Å². The molecule has 8 aliphatic carbocycles. The van der Waals surface area contributed by atoms with Gasteiger partial charge in [0.2, 0.25) is 0 Å². The predicted molar refractivity (Wildman–Crippen MR) is 223 cm³/mol. The lowest BCUT2D eigenvalue weighted by atomic mass is 9.48. The highest BCUT2D eigenvalue weighted by Crippen LogP contribution is 2.63. The maximum atomic E-state index is 14.7. The summed E-state index contributed by atoms with van der Waals surface area (Å²) in [4.78, 5) is 14.7. The first-order chi connectivity index (χ1) is 28.3. The fourth-order valence-corrected chi connectivity index (χ4v) is 15.4. The largest absolute Gasteiger partial charge is 0.384 e. The quantitative estimate of drug-likeness (QED) is 0.195. The molecule has 9 nitrogen and oxygen atoms in total. The lowest BCUT2D eigenvalue weighted by Crippen LogP contribution is -2.49. The molecule has 10 heteroatoms. The zero-order valence-corrected chi connectivity index (χ0v) is 33.4. The first kappa shape index (κ1) is 34.6. The van der Waals surface area contributed by atoms with Crippen molar-refractivity contribution < 1.29 is 0 Å². The highest BCUT2D eigenvalue weighted by atomic mass is 32.1. The van der Waals surface area contributed by atoms with Gasteiger partial charge in [-0.15, -0.1) is 11.3 Å². The third-order valence-corrected chi connectivity index (χ3v) is 16.7. The number of allylic oxidation sites excluding steroid dienone is 1. The Kier molecular flexibility index (Phi) is 7.47. The number of hydrogen-bond acceptors (Lipinski definition) is 7. The number of fused-ring (bicyclic) bond motifs is 1. The Labute approximate surface area is 341 Å². The van der Waals surface area contributed by atoms with E-state index >= 15 is 0 Å². The Hall–Kier alpha value is -5.45. The highest BCUT2D eigenvalue weighted by molar-refractivity contribution is 7.07. The average Bonchev–Trinajstić information content (AvgIpc) is 3.94. The zero-order valence-electron chi connectivity index (χ0n) is 32.6. The summed E-state index contributed by atoms with van der Waals surface area (Å²) in [5, 5.41) is 32.9. The number of aromatic nitrogens is 5. The molecule has 4 heterocycles. The zero-order chi connectivity index (χ0) is 38.9. The number of thiazole rings is 1. The van der Waals surface area contributed by atoms with E-state index in [4.69, 9.17) is 15.9 Å². The SMILES string of the molecule is N#CC1=C(N)n2c(s/c(=C/c3cn(-c4ccccc4)nc3C34CC5CC(CC(C5)C3)C4)c2=O)=C(C#N)C1c1cn(-c2ccccc2)nc1C12CC3CC(CC(C3)C1)C2. The summed E-state index contributed by atoms with van der Waals surface area (Å²) in [5.74, 6) is 3.60. The lowest BCUT2D eigenvalue weighted by molar-refractivity contribution is -0.00778. The van der Waals surface area contributed by atoms with Crippen molar-refractivity contribution in [2.24, 2.45) is 41.2 Å². The van der Waals surface area contributed by atoms with Crippen LogP contribution in [-0.2, 0) is 10.8 Å². The van der Waals surface area contributed by atoms with Gasteiger partial charge in [0.1, 0.15) is 10.5 Å². The van der Waals surface area contributed by atoms with E-state index in [2.05, 4.69) is 30.5 Å². The van der Waals surface area contributed by atoms with Crippen LogP contribution in [0.25, 0.3) is 28.8 Å². The fourth-order valence-electron chi connectivity index (χ4n) is 14.2. The van der Waals surface area contributed by atoms with E-state index in [1.54, 1.807) is 0 Å². The molecule has 0 saturated heterocycles. The van der Waals surface area contributed by atoms with Gasteiger partial charge in [0.25, 0.3) is 5.56 Å². The van der Waals surface area contributed by atoms with Crippen LogP contribution in [0.3, 0.4) is 0 Å². The number of benzene rings is 2. The molecule has 2 N–H and O–H groups in total. The van der Waals surface area contributed by atoms with Gasteiger partial charge in [-0.3, -0.25) is 9.36 Å². The molecule has 290 valence electrons. The minimum Gasteiger partial charge on any atom is -0.384 e. The van der Waals surface area contributed by atoms with Gasteiger partial charge >= 0.3 is 0 Å². The van der Waals surface area contributed by atoms with E-state index in [-0.39, 0.29) is 27.8 Å². The topological polar surface area (TPSA) is 131 Å². The van der Waals surface area contributed by atoms with Crippen molar-refractivity contribution in [3.63, 3.8) is 0 Å². The summed E-state index contributed by atoms with van der Waals surface area (Å²) in [5.41, 5.74) is 13.0. The molecule has 8 fully saturated rings. The molecular weight excluding hydrogens is 737 g/mol. The molecule has 0 amide bonds. The molecule has 5 aromatic rings. The van der Waals surface area contributed by atoms with Crippen molar-refractivity contribution in [1.29, 1.82) is 10.5 Å². The molecule has 2 aromatic carbocycles. The smallest absolute Gasteiger partial charge is 0.274 e. The molecule has 0 spiro atoms. The van der Waals surface area contributed by atoms with Crippen molar-refractivity contribution in [2.45, 2.75) is 93.8 Å². The van der Waals surface area contributed by atoms with E-state index in [0.717, 1.165) is 90.2 Å². The summed E-state index contributed by atoms with van der Waals surface area (Å²) in [6.45, 7) is 0. The van der Waals surface area contributed by atoms with Crippen molar-refractivity contribution in [2.75, 3.05) is 0 Å². The number of nitrogens with zero attached hydrogens (tertiary/aromatic N) is 7. The van der Waals surface area contributed by atoms with Gasteiger partial charge in [-0.05, 0) is 143 Å². The molecule has 0 radical (unpaired) electrons. The predicted octanol–water partition coefficient (Wildman–Crippen LogP) is 7.17. The molecule has 1 atom stereocenters. The Morgan fingerprint density at radius 1 is 0.672 bits per heavy atom. The Bertz CT molecular complexity index is 2750. The van der Waals surface area contributed by atoms with Crippen molar-refractivity contribution >= 4 is 28.8 Å². The number of para-hydroxylation sites is 2. The van der Waals surface area contributed by atoms with E-state index in [0.29, 0.717) is 32.5 Å². The van der Waals surface area contributed by atoms with Gasteiger partial charge in [0.05, 0.1) is 56.5 Å². The van der Waals surface area contributed by atoms with Crippen LogP contribution in [0.15, 0.2) is 83.4 Å². The van der Waals surface area contributed by atoms with E-state index in [1.807, 2.05) is 70.2 Å². The number of hydrogen-bond donors (Lipinski definition) is 1. The second-order valence-corrected chi connectivity index (χ2v) is 20.3. The maximum absolute atomic E-state index is 14.7. The maximum Gasteiger partial charge on any atom is 0.274 e. The monoisotopic (exact) mass is 782 g/mol. The number of nitrogens with two attached hydrogens (primary N) is 1. The molecule has 58 heavy (non-hydrogen) atoms. The lowest BCUT2D eigenvalue weighted by Gasteiger charge is -2.56. The molecule has 1 aliphatic heterocycles. The summed E-state index contributed by atoms with van der Waals surface area (Å²) in [6.07, 6.45) is 20.6. The summed E-state index contributed by atoms with van der Waals surface area (Å²) in [6, 6.07) is 25.3. The van der Waals surface area contributed by atoms with Crippen molar-refractivity contribution in [3.8, 4) is 23.5 Å². The Morgan fingerprint density at radius 3 is 1.64 bits per heavy atom. The van der Waals surface area contributed by atoms with E-state index in [9.17, 15) is 15.3 Å². The van der Waals surface area contributed by atoms with Crippen LogP contribution < -0.4 is 20.5 Å². The first-order valence-electron chi connectivity index (χ1n) is 21.4. The summed E-state index contributed by atoms with van der Waals surface area (Å²) < 4.78 is 6.34. The third-order valence-electron chi connectivity index (χ3n) is 15.6. The minimum absolute atomic E-state index is 0.0117. The van der Waals surface area contributed by atoms with Crippen LogP contribution in [-0.4, -0.2) is 24.1 Å². The second-order valence-electron chi connectivity index (χ2n) is 19.2. The molecular formula is C48H46N8OS. The normalized spacial score (nSPS) is 33.1. The van der Waals surface area contributed by atoms with Crippen LogP contribution in [0.5, 0.6) is 0 Å². The molecule has 8 saturated carbocycles. The van der Waals surface area contributed by atoms with Gasteiger partial charge in [-0.2, -0.15) is 20.7 Å². The second kappa shape index (κ2) is 12.5. The summed E-state index contributed by atoms with van der Waals surface area (Å²) >= 11 is 1.31. The third kappa shape index (κ3) is 5.06. The molecule has 3 aromatic heterocycles. The van der Waals surface area contributed by atoms with Crippen LogP contribution in [0.2, 0.25) is 0 Å². The van der Waals surface area contributed by atoms with E-state index < -0.39 is 5.92 Å². The Balaban J connectivity index is 1.05. The standard InChI is InChI=1S/C48H46N8OS/c49-24-37-41(39-27-55(36-9-5-2-6-10-36)53-43(39)48-21-31-14-32(22-48)16-33(15-31)23-48)38(25-50)46-56(44(37)51)45(57)40(58-46)17-34-26-54(35-7-3-1-4-8-35)52-42(34)47-18-28-11-29(19-47)13-30(12-28)20-47/h1-10,17,26-33,41H,11-16,18-23,51H2/b40-17+. The molecule has 14 rings (SSSR count). The summed E-state index contributed by atoms with van der Waals surface area (Å²) in [7, 11) is 0. The molecule has 8 bridgehead atoms. The number of nitriles is 2. The minimum atomic E-state index is -0.732. The van der Waals surface area contributed by atoms with E-state index in [1.165, 1.54) is 54.4 Å². The fraction of sp³-hybridized carbons (Fsp3) is 0.438. The van der Waals surface area contributed by atoms with Crippen LogP contribution >= 0.6 is 11.3 Å². The van der Waals surface area contributed by atoms with Gasteiger partial charge in [-0.1, -0.05) is 36.4 Å². The van der Waals surface area contributed by atoms with Gasteiger partial charge in [0, 0.05) is 34.4 Å². The molecule has 9 aliphatic rings. The van der Waals surface area contributed by atoms with Crippen LogP contribution in [0.1, 0.15) is 105 Å². The number of rotatable bonds is 6. The first-order valence-corrected chi connectivity index (χ1v) is 22.2. The van der Waals surface area contributed by atoms with Gasteiger partial charge in [0.15, 0.2) is 0 Å². The van der Waals surface area contributed by atoms with Gasteiger partial charge in [-0.25, -0.2) is 9.36 Å². The van der Waals surface area contributed by atoms with Crippen LogP contribution in [0.4, 0.5) is 0 Å². The highest BCUT2D eigenvalue weighted by Gasteiger charge is 2.55. The average molecular weight is 783 g/mol. The molecule has 1 unspecified atom stereocenters. The van der Waals surface area contributed by atoms with Crippen molar-refractivity contribution in [1.82, 2.24) is 24.1 Å². The van der Waals surface area contributed by atoms with Crippen LogP contribution in [0, 0.1) is 58.2 Å². The van der Waals surface area contributed by atoms with Gasteiger partial charge < -0.3 is 5.73 Å². The Morgan fingerprint density at radius 2 is 1.14 bits per heavy atom.